The normalized spacial score (nSPS) is 24.6. The molecule has 25 nitrogen and oxygen atoms in total. The van der Waals surface area contributed by atoms with E-state index in [-0.39, 0.29) is 32.4 Å². The van der Waals surface area contributed by atoms with Crippen LogP contribution in [0, 0.1) is 5.41 Å². The Bertz CT molecular complexity index is 2470. The molecule has 0 bridgehead atoms. The summed E-state index contributed by atoms with van der Waals surface area (Å²) >= 11 is 0. The summed E-state index contributed by atoms with van der Waals surface area (Å²) in [6.45, 7) is 12.3. The molecule has 0 aromatic heterocycles. The third kappa shape index (κ3) is 13.0. The highest BCUT2D eigenvalue weighted by molar-refractivity contribution is 6.03. The van der Waals surface area contributed by atoms with Gasteiger partial charge in [0, 0.05) is 27.2 Å². The van der Waals surface area contributed by atoms with E-state index in [4.69, 9.17) is 61.9 Å². The van der Waals surface area contributed by atoms with E-state index in [9.17, 15) is 24.3 Å². The number of ether oxygens (including phenoxy) is 11. The molecule has 0 aliphatic carbocycles. The molecule has 25 heteroatoms. The number of hydroxylamine groups is 2. The third-order valence-corrected chi connectivity index (χ3v) is 12.9. The van der Waals surface area contributed by atoms with Crippen molar-refractivity contribution in [3.63, 3.8) is 0 Å². The Morgan fingerprint density at radius 3 is 1.87 bits per heavy atom. The summed E-state index contributed by atoms with van der Waals surface area (Å²) in [5.74, 6) is -1.56. The van der Waals surface area contributed by atoms with Crippen LogP contribution in [0.1, 0.15) is 79.9 Å². The van der Waals surface area contributed by atoms with Gasteiger partial charge in [0.05, 0.1) is 66.9 Å². The predicted molar refractivity (Wildman–Crippen MR) is 273 cm³/mol. The number of aliphatic imine (C=N–C) groups is 2. The molecule has 2 aromatic carbocycles. The molecule has 77 heavy (non-hydrogen) atoms. The van der Waals surface area contributed by atoms with E-state index in [2.05, 4.69) is 10.3 Å². The fraction of sp³-hybridized carbons (Fsp3) is 0.635. The zero-order valence-electron chi connectivity index (χ0n) is 46.7. The molecule has 426 valence electrons. The first-order valence-electron chi connectivity index (χ1n) is 24.8. The molecule has 4 aliphatic heterocycles. The molecule has 4 heterocycles. The van der Waals surface area contributed by atoms with Crippen molar-refractivity contribution in [1.29, 1.82) is 0 Å². The average molecular weight is 1090 g/mol. The predicted octanol–water partition coefficient (Wildman–Crippen LogP) is 4.57. The van der Waals surface area contributed by atoms with Gasteiger partial charge in [-0.3, -0.25) is 19.7 Å². The zero-order chi connectivity index (χ0) is 56.9. The Hall–Kier alpha value is -6.35. The molecule has 1 unspecified atom stereocenters. The van der Waals surface area contributed by atoms with Crippen LogP contribution in [-0.2, 0) is 70.2 Å². The van der Waals surface area contributed by atoms with Gasteiger partial charge in [0.15, 0.2) is 5.66 Å². The molecule has 0 radical (unpaired) electrons. The molecule has 2 N–H and O–H groups in total. The van der Waals surface area contributed by atoms with E-state index >= 15 is 4.79 Å². The molecule has 1 spiro atoms. The number of methoxy groups -OCH3 is 6. The summed E-state index contributed by atoms with van der Waals surface area (Å²) in [4.78, 5) is 92.2. The lowest BCUT2D eigenvalue weighted by Crippen LogP contribution is -2.77. The standard InChI is InChI=1S/C52H75N7O18/c1-47(2,3)75-44(62)53-42-55-52-38(56(42)30-66-10)36(27-72-26-33-18-22-35(69-13)23-19-33)59(46(64)77-49(7,8)9)43(54-45(63)76-48(4,5)6)57(52)28-50(65,39(52)73-31-67-11)24-37-51(40(60)70-14,41(61)71-15)29-74-58(37)25-32-16-20-34(68-12)21-17-32/h16-23,36-39,65H,24-31H2,1-15H3,(H,53,55,62)/b54-43+/t36-,37?,38-,39+,50-,52-/m0/s1. The number of rotatable bonds is 17. The first-order chi connectivity index (χ1) is 36.1. The van der Waals surface area contributed by atoms with E-state index in [1.54, 1.807) is 118 Å². The number of alkyl carbamates (subject to hydrolysis) is 1. The minimum Gasteiger partial charge on any atom is -0.497 e. The molecule has 4 aliphatic rings. The summed E-state index contributed by atoms with van der Waals surface area (Å²) in [5, 5.41) is 18.2. The van der Waals surface area contributed by atoms with Gasteiger partial charge in [-0.05, 0) is 97.7 Å². The van der Waals surface area contributed by atoms with Crippen LogP contribution in [0.4, 0.5) is 14.4 Å². The van der Waals surface area contributed by atoms with Gasteiger partial charge >= 0.3 is 30.2 Å². The molecule has 3 amide bonds. The van der Waals surface area contributed by atoms with Crippen LogP contribution in [0.3, 0.4) is 0 Å². The van der Waals surface area contributed by atoms with Crippen molar-refractivity contribution >= 4 is 42.1 Å². The van der Waals surface area contributed by atoms with Gasteiger partial charge in [0.1, 0.15) is 59.6 Å². The first-order valence-corrected chi connectivity index (χ1v) is 24.8. The summed E-state index contributed by atoms with van der Waals surface area (Å²) < 4.78 is 63.7. The Morgan fingerprint density at radius 2 is 1.35 bits per heavy atom. The van der Waals surface area contributed by atoms with E-state index in [0.717, 1.165) is 19.1 Å². The number of carbonyl (C=O) groups is 5. The van der Waals surface area contributed by atoms with Crippen molar-refractivity contribution in [2.75, 3.05) is 75.9 Å². The number of guanidine groups is 2. The van der Waals surface area contributed by atoms with Crippen molar-refractivity contribution in [2.45, 2.75) is 134 Å². The average Bonchev–Trinajstić information content (AvgIpc) is 3.98. The number of aliphatic hydroxyl groups is 1. The topological polar surface area (TPSA) is 266 Å². The molecule has 3 fully saturated rings. The Labute approximate surface area is 448 Å². The largest absolute Gasteiger partial charge is 0.497 e. The minimum absolute atomic E-state index is 0.0266. The lowest BCUT2D eigenvalue weighted by atomic mass is 9.73. The molecule has 6 atom stereocenters. The van der Waals surface area contributed by atoms with Crippen LogP contribution in [0.15, 0.2) is 58.5 Å². The first kappa shape index (κ1) is 59.9. The quantitative estimate of drug-likeness (QED) is 0.0951. The van der Waals surface area contributed by atoms with Crippen molar-refractivity contribution in [2.24, 2.45) is 15.4 Å². The van der Waals surface area contributed by atoms with Crippen LogP contribution >= 0.6 is 0 Å². The smallest absolute Gasteiger partial charge is 0.437 e. The number of amides is 3. The summed E-state index contributed by atoms with van der Waals surface area (Å²) in [7, 11) is 8.02. The summed E-state index contributed by atoms with van der Waals surface area (Å²) in [6, 6.07) is 9.93. The Kier molecular flexibility index (Phi) is 18.4. The molecule has 6 rings (SSSR count). The lowest BCUT2D eigenvalue weighted by molar-refractivity contribution is -0.192. The number of nitrogens with one attached hydrogen (secondary N) is 1. The van der Waals surface area contributed by atoms with Gasteiger partial charge in [0.25, 0.3) is 0 Å². The molecular formula is C52H75N7O18. The number of nitrogens with zero attached hydrogens (tertiary/aromatic N) is 6. The SMILES string of the molecule is COCO[C@@H]1[C@](O)(CC2N(Cc3ccc(OC)cc3)OCC2(C(=O)OC)C(=O)OC)CN2/C(=N\C(=O)OC(C)(C)C)N(C(=O)OC(C)(C)C)[C@@H](COCc3ccc(OC)cc3)[C@@H]3N(COC)C(NC(=O)OC(C)(C)C)=N[C@]312. The van der Waals surface area contributed by atoms with Crippen LogP contribution in [0.5, 0.6) is 11.5 Å². The van der Waals surface area contributed by atoms with E-state index in [0.29, 0.717) is 22.6 Å². The molecule has 0 saturated carbocycles. The van der Waals surface area contributed by atoms with Gasteiger partial charge in [0.2, 0.25) is 17.3 Å². The second-order valence-electron chi connectivity index (χ2n) is 21.9. The van der Waals surface area contributed by atoms with Gasteiger partial charge in [-0.15, -0.1) is 4.99 Å². The lowest BCUT2D eigenvalue weighted by Gasteiger charge is -2.54. The number of esters is 2. The van der Waals surface area contributed by atoms with Gasteiger partial charge in [-0.25, -0.2) is 24.3 Å². The third-order valence-electron chi connectivity index (χ3n) is 12.9. The zero-order valence-corrected chi connectivity index (χ0v) is 46.7. The second kappa shape index (κ2) is 23.7. The molecule has 3 saturated heterocycles. The highest BCUT2D eigenvalue weighted by Gasteiger charge is 2.77. The Balaban J connectivity index is 1.68. The van der Waals surface area contributed by atoms with Crippen molar-refractivity contribution in [3.05, 3.63) is 59.7 Å². The molecule has 2 aromatic rings. The number of hydrogen-bond acceptors (Lipinski definition) is 21. The fourth-order valence-electron chi connectivity index (χ4n) is 9.94. The molecular weight excluding hydrogens is 1010 g/mol. The maximum absolute atomic E-state index is 15.3. The van der Waals surface area contributed by atoms with Crippen molar-refractivity contribution in [1.82, 2.24) is 25.1 Å². The van der Waals surface area contributed by atoms with Crippen LogP contribution < -0.4 is 14.8 Å². The van der Waals surface area contributed by atoms with Gasteiger partial charge in [-0.2, -0.15) is 5.06 Å². The number of carbonyl (C=O) groups excluding carboxylic acids is 5. The van der Waals surface area contributed by atoms with Crippen LogP contribution in [-0.4, -0.2) is 195 Å². The number of benzene rings is 2. The minimum atomic E-state index is -2.38. The van der Waals surface area contributed by atoms with Gasteiger partial charge in [-0.1, -0.05) is 24.3 Å². The fourth-order valence-corrected chi connectivity index (χ4v) is 9.94. The summed E-state index contributed by atoms with van der Waals surface area (Å²) in [6.07, 6.45) is -5.41. The maximum atomic E-state index is 15.3. The second-order valence-corrected chi connectivity index (χ2v) is 21.9. The Morgan fingerprint density at radius 1 is 0.779 bits per heavy atom. The van der Waals surface area contributed by atoms with Gasteiger partial charge < -0.3 is 67.0 Å². The van der Waals surface area contributed by atoms with Crippen molar-refractivity contribution < 1.29 is 86.0 Å². The van der Waals surface area contributed by atoms with Crippen LogP contribution in [0.2, 0.25) is 0 Å². The van der Waals surface area contributed by atoms with E-state index in [1.165, 1.54) is 36.2 Å². The highest BCUT2D eigenvalue weighted by atomic mass is 16.7. The van der Waals surface area contributed by atoms with Crippen molar-refractivity contribution in [3.8, 4) is 11.5 Å². The maximum Gasteiger partial charge on any atom is 0.437 e. The number of hydrogen-bond donors (Lipinski definition) is 2. The van der Waals surface area contributed by atoms with Crippen LogP contribution in [0.25, 0.3) is 0 Å². The summed E-state index contributed by atoms with van der Waals surface area (Å²) in [5.41, 5.74) is -8.67. The monoisotopic (exact) mass is 1090 g/mol. The highest BCUT2D eigenvalue weighted by Crippen LogP contribution is 2.54. The van der Waals surface area contributed by atoms with E-state index in [1.807, 2.05) is 0 Å². The van der Waals surface area contributed by atoms with E-state index < -0.39 is 120 Å².